The Morgan fingerprint density at radius 3 is 2.84 bits per heavy atom. The van der Waals surface area contributed by atoms with Crippen LogP contribution in [0.3, 0.4) is 0 Å². The fourth-order valence-electron chi connectivity index (χ4n) is 1.58. The number of H-pyrrole nitrogens is 1. The molecule has 0 aliphatic heterocycles. The average Bonchev–Trinajstić information content (AvgIpc) is 2.82. The first-order valence-corrected chi connectivity index (χ1v) is 6.54. The molecule has 0 fully saturated rings. The predicted octanol–water partition coefficient (Wildman–Crippen LogP) is 2.39. The van der Waals surface area contributed by atoms with Crippen molar-refractivity contribution in [3.05, 3.63) is 27.3 Å². The molecule has 0 unspecified atom stereocenters. The second-order valence-electron chi connectivity index (χ2n) is 3.59. The van der Waals surface area contributed by atoms with Crippen molar-refractivity contribution in [2.45, 2.75) is 6.92 Å². The van der Waals surface area contributed by atoms with E-state index in [0.29, 0.717) is 33.1 Å². The highest BCUT2D eigenvalue weighted by molar-refractivity contribution is 9.10. The normalized spacial score (nSPS) is 10.5. The highest BCUT2D eigenvalue weighted by atomic mass is 79.9. The van der Waals surface area contributed by atoms with Crippen molar-refractivity contribution in [2.75, 3.05) is 6.61 Å². The Bertz CT molecular complexity index is 606. The third kappa shape index (κ3) is 2.71. The number of amides is 1. The molecule has 0 saturated carbocycles. The maximum Gasteiger partial charge on any atom is 0.271 e. The number of aromatic amines is 1. The lowest BCUT2D eigenvalue weighted by atomic mass is 10.1. The zero-order chi connectivity index (χ0) is 14.0. The van der Waals surface area contributed by atoms with Gasteiger partial charge in [0.1, 0.15) is 5.69 Å². The number of primary amides is 1. The summed E-state index contributed by atoms with van der Waals surface area (Å²) >= 11 is 9.49. The number of hydrogen-bond acceptors (Lipinski definition) is 4. The molecule has 2 rings (SSSR count). The molecule has 0 aliphatic carbocycles. The SMILES string of the molecule is CCOc1c(Cl)cc(-c2n[nH]nc2C(N)=O)cc1Br. The summed E-state index contributed by atoms with van der Waals surface area (Å²) in [5, 5.41) is 10.4. The van der Waals surface area contributed by atoms with Gasteiger partial charge in [-0.3, -0.25) is 4.79 Å². The van der Waals surface area contributed by atoms with E-state index in [9.17, 15) is 4.79 Å². The largest absolute Gasteiger partial charge is 0.491 e. The summed E-state index contributed by atoms with van der Waals surface area (Å²) in [7, 11) is 0. The third-order valence-corrected chi connectivity index (χ3v) is 3.21. The second-order valence-corrected chi connectivity index (χ2v) is 4.85. The maximum atomic E-state index is 11.2. The van der Waals surface area contributed by atoms with Gasteiger partial charge in [0.15, 0.2) is 11.4 Å². The number of carbonyl (C=O) groups is 1. The Morgan fingerprint density at radius 1 is 1.53 bits per heavy atom. The van der Waals surface area contributed by atoms with Crippen LogP contribution in [0.4, 0.5) is 0 Å². The van der Waals surface area contributed by atoms with Gasteiger partial charge in [-0.05, 0) is 35.0 Å². The van der Waals surface area contributed by atoms with Gasteiger partial charge in [-0.2, -0.15) is 15.4 Å². The van der Waals surface area contributed by atoms with Gasteiger partial charge < -0.3 is 10.5 Å². The van der Waals surface area contributed by atoms with E-state index in [1.165, 1.54) is 0 Å². The lowest BCUT2D eigenvalue weighted by molar-refractivity contribution is 0.0996. The number of carbonyl (C=O) groups excluding carboxylic acids is 1. The van der Waals surface area contributed by atoms with Gasteiger partial charge in [0.2, 0.25) is 0 Å². The molecule has 3 N–H and O–H groups in total. The smallest absolute Gasteiger partial charge is 0.271 e. The first-order chi connectivity index (χ1) is 9.04. The van der Waals surface area contributed by atoms with Crippen molar-refractivity contribution in [1.29, 1.82) is 0 Å². The van der Waals surface area contributed by atoms with E-state index in [0.717, 1.165) is 0 Å². The van der Waals surface area contributed by atoms with E-state index in [1.54, 1.807) is 12.1 Å². The Balaban J connectivity index is 2.52. The summed E-state index contributed by atoms with van der Waals surface area (Å²) in [5.74, 6) is -0.123. The number of hydrogen-bond donors (Lipinski definition) is 2. The van der Waals surface area contributed by atoms with Gasteiger partial charge in [0, 0.05) is 5.56 Å². The summed E-state index contributed by atoms with van der Waals surface area (Å²) in [6, 6.07) is 3.38. The molecule has 100 valence electrons. The van der Waals surface area contributed by atoms with Crippen molar-refractivity contribution in [1.82, 2.24) is 15.4 Å². The molecule has 0 saturated heterocycles. The molecular weight excluding hydrogens is 336 g/mol. The Labute approximate surface area is 122 Å². The van der Waals surface area contributed by atoms with Crippen molar-refractivity contribution >= 4 is 33.4 Å². The van der Waals surface area contributed by atoms with Crippen molar-refractivity contribution < 1.29 is 9.53 Å². The minimum absolute atomic E-state index is 0.0622. The number of halogens is 2. The van der Waals surface area contributed by atoms with Gasteiger partial charge in [0.05, 0.1) is 16.1 Å². The number of ether oxygens (including phenoxy) is 1. The number of rotatable bonds is 4. The number of benzene rings is 1. The quantitative estimate of drug-likeness (QED) is 0.889. The zero-order valence-corrected chi connectivity index (χ0v) is 12.2. The van der Waals surface area contributed by atoms with Gasteiger partial charge >= 0.3 is 0 Å². The average molecular weight is 346 g/mol. The van der Waals surface area contributed by atoms with Crippen LogP contribution in [-0.2, 0) is 0 Å². The van der Waals surface area contributed by atoms with Crippen LogP contribution in [0.2, 0.25) is 5.02 Å². The summed E-state index contributed by atoms with van der Waals surface area (Å²) in [6.45, 7) is 2.35. The molecule has 0 spiro atoms. The van der Waals surface area contributed by atoms with Crippen LogP contribution in [0.25, 0.3) is 11.3 Å². The van der Waals surface area contributed by atoms with Crippen LogP contribution in [0, 0.1) is 0 Å². The number of aromatic nitrogens is 3. The van der Waals surface area contributed by atoms with Crippen LogP contribution >= 0.6 is 27.5 Å². The molecule has 6 nitrogen and oxygen atoms in total. The number of nitrogens with one attached hydrogen (secondary N) is 1. The first-order valence-electron chi connectivity index (χ1n) is 5.37. The fraction of sp³-hybridized carbons (Fsp3) is 0.182. The van der Waals surface area contributed by atoms with Crippen LogP contribution in [0.1, 0.15) is 17.4 Å². The highest BCUT2D eigenvalue weighted by Gasteiger charge is 2.18. The lowest BCUT2D eigenvalue weighted by Gasteiger charge is -2.09. The summed E-state index contributed by atoms with van der Waals surface area (Å²) in [4.78, 5) is 11.2. The van der Waals surface area contributed by atoms with E-state index in [1.807, 2.05) is 6.92 Å². The monoisotopic (exact) mass is 344 g/mol. The van der Waals surface area contributed by atoms with Gasteiger partial charge in [0.25, 0.3) is 5.91 Å². The Kier molecular flexibility index (Phi) is 4.06. The molecule has 0 bridgehead atoms. The minimum atomic E-state index is -0.662. The third-order valence-electron chi connectivity index (χ3n) is 2.34. The lowest BCUT2D eigenvalue weighted by Crippen LogP contribution is -2.12. The first kappa shape index (κ1) is 13.8. The van der Waals surface area contributed by atoms with E-state index >= 15 is 0 Å². The van der Waals surface area contributed by atoms with Crippen molar-refractivity contribution in [3.8, 4) is 17.0 Å². The molecule has 2 aromatic rings. The van der Waals surface area contributed by atoms with Crippen LogP contribution in [0.5, 0.6) is 5.75 Å². The van der Waals surface area contributed by atoms with Crippen LogP contribution < -0.4 is 10.5 Å². The van der Waals surface area contributed by atoms with Gasteiger partial charge in [-0.15, -0.1) is 0 Å². The zero-order valence-electron chi connectivity index (χ0n) is 9.91. The molecule has 1 aromatic carbocycles. The number of nitrogens with two attached hydrogens (primary N) is 1. The molecule has 0 radical (unpaired) electrons. The van der Waals surface area contributed by atoms with Crippen molar-refractivity contribution in [2.24, 2.45) is 5.73 Å². The fourth-order valence-corrected chi connectivity index (χ4v) is 2.55. The molecule has 0 atom stereocenters. The van der Waals surface area contributed by atoms with E-state index in [-0.39, 0.29) is 5.69 Å². The van der Waals surface area contributed by atoms with Gasteiger partial charge in [-0.25, -0.2) is 0 Å². The van der Waals surface area contributed by atoms with E-state index in [4.69, 9.17) is 22.1 Å². The summed E-state index contributed by atoms with van der Waals surface area (Å²) in [5.41, 5.74) is 6.24. The van der Waals surface area contributed by atoms with Gasteiger partial charge in [-0.1, -0.05) is 11.6 Å². The summed E-state index contributed by atoms with van der Waals surface area (Å²) < 4.78 is 6.07. The van der Waals surface area contributed by atoms with E-state index in [2.05, 4.69) is 31.3 Å². The molecule has 1 heterocycles. The molecule has 0 aliphatic rings. The van der Waals surface area contributed by atoms with Crippen LogP contribution in [-0.4, -0.2) is 27.9 Å². The molecule has 8 heteroatoms. The Morgan fingerprint density at radius 2 is 2.26 bits per heavy atom. The predicted molar refractivity (Wildman–Crippen MR) is 74.2 cm³/mol. The van der Waals surface area contributed by atoms with Crippen LogP contribution in [0.15, 0.2) is 16.6 Å². The minimum Gasteiger partial charge on any atom is -0.491 e. The number of nitrogens with zero attached hydrogens (tertiary/aromatic N) is 2. The highest BCUT2D eigenvalue weighted by Crippen LogP contribution is 2.37. The molecule has 1 aromatic heterocycles. The standard InChI is InChI=1S/C11H10BrClN4O2/c1-2-19-10-6(12)3-5(4-7(10)13)8-9(11(14)18)16-17-15-8/h3-4H,2H2,1H3,(H2,14,18)(H,15,16,17). The molecule has 1 amide bonds. The molecule has 19 heavy (non-hydrogen) atoms. The topological polar surface area (TPSA) is 93.9 Å². The Hall–Kier alpha value is -1.60. The second kappa shape index (κ2) is 5.58. The molecular formula is C11H10BrClN4O2. The maximum absolute atomic E-state index is 11.2. The van der Waals surface area contributed by atoms with Crippen molar-refractivity contribution in [3.63, 3.8) is 0 Å². The van der Waals surface area contributed by atoms with E-state index < -0.39 is 5.91 Å². The summed E-state index contributed by atoms with van der Waals surface area (Å²) in [6.07, 6.45) is 0.